The third-order valence-corrected chi connectivity index (χ3v) is 3.59. The fourth-order valence-electron chi connectivity index (χ4n) is 2.32. The van der Waals surface area contributed by atoms with Crippen LogP contribution >= 0.6 is 0 Å². The highest BCUT2D eigenvalue weighted by molar-refractivity contribution is 6.05. The van der Waals surface area contributed by atoms with Crippen molar-refractivity contribution in [3.63, 3.8) is 0 Å². The van der Waals surface area contributed by atoms with Gasteiger partial charge in [-0.2, -0.15) is 0 Å². The second-order valence-electron chi connectivity index (χ2n) is 5.59. The molecule has 27 heavy (non-hydrogen) atoms. The average Bonchev–Trinajstić information content (AvgIpc) is 2.67. The van der Waals surface area contributed by atoms with E-state index in [0.29, 0.717) is 23.5 Å². The van der Waals surface area contributed by atoms with Crippen LogP contribution in [0.5, 0.6) is 0 Å². The number of esters is 1. The van der Waals surface area contributed by atoms with E-state index in [2.05, 4.69) is 15.7 Å². The molecule has 7 nitrogen and oxygen atoms in total. The molecule has 0 aliphatic heterocycles. The summed E-state index contributed by atoms with van der Waals surface area (Å²) in [6.45, 7) is 3.97. The SMILES string of the molecule is CCOC(=O)/C=C/c1ccc(NC(=O)c2cccc(N=CNN)c2)c(C)c1. The fourth-order valence-corrected chi connectivity index (χ4v) is 2.32. The van der Waals surface area contributed by atoms with Gasteiger partial charge >= 0.3 is 5.97 Å². The van der Waals surface area contributed by atoms with Crippen LogP contribution in [0.2, 0.25) is 0 Å². The number of amides is 1. The molecule has 0 radical (unpaired) electrons. The molecule has 0 spiro atoms. The molecule has 0 saturated heterocycles. The van der Waals surface area contributed by atoms with Crippen LogP contribution in [0.3, 0.4) is 0 Å². The molecular weight excluding hydrogens is 344 g/mol. The third-order valence-electron chi connectivity index (χ3n) is 3.59. The van der Waals surface area contributed by atoms with Gasteiger partial charge in [-0.05, 0) is 61.4 Å². The van der Waals surface area contributed by atoms with Crippen LogP contribution in [0.1, 0.15) is 28.4 Å². The summed E-state index contributed by atoms with van der Waals surface area (Å²) in [4.78, 5) is 27.9. The van der Waals surface area contributed by atoms with Crippen LogP contribution in [-0.2, 0) is 9.53 Å². The normalized spacial score (nSPS) is 10.9. The summed E-state index contributed by atoms with van der Waals surface area (Å²) in [5, 5.41) is 2.88. The Morgan fingerprint density at radius 1 is 1.22 bits per heavy atom. The van der Waals surface area contributed by atoms with Crippen molar-refractivity contribution in [3.8, 4) is 0 Å². The van der Waals surface area contributed by atoms with Gasteiger partial charge in [0.1, 0.15) is 6.34 Å². The van der Waals surface area contributed by atoms with Crippen molar-refractivity contribution in [2.45, 2.75) is 13.8 Å². The summed E-state index contributed by atoms with van der Waals surface area (Å²) in [5.74, 6) is 4.52. The van der Waals surface area contributed by atoms with E-state index >= 15 is 0 Å². The molecule has 4 N–H and O–H groups in total. The summed E-state index contributed by atoms with van der Waals surface area (Å²) in [6.07, 6.45) is 4.38. The second-order valence-corrected chi connectivity index (χ2v) is 5.59. The van der Waals surface area contributed by atoms with Crippen molar-refractivity contribution in [3.05, 3.63) is 65.2 Å². The third kappa shape index (κ3) is 6.09. The number of carbonyl (C=O) groups excluding carboxylic acids is 2. The van der Waals surface area contributed by atoms with Gasteiger partial charge in [0.05, 0.1) is 12.3 Å². The van der Waals surface area contributed by atoms with Crippen molar-refractivity contribution in [2.75, 3.05) is 11.9 Å². The molecule has 0 saturated carbocycles. The molecule has 2 aromatic carbocycles. The molecule has 1 amide bonds. The zero-order valence-electron chi connectivity index (χ0n) is 15.2. The number of anilines is 1. The number of nitrogens with one attached hydrogen (secondary N) is 2. The largest absolute Gasteiger partial charge is 0.463 e. The number of hydrogen-bond donors (Lipinski definition) is 3. The smallest absolute Gasteiger partial charge is 0.330 e. The summed E-state index contributed by atoms with van der Waals surface area (Å²) in [6, 6.07) is 12.4. The van der Waals surface area contributed by atoms with E-state index in [1.807, 2.05) is 19.1 Å². The highest BCUT2D eigenvalue weighted by Crippen LogP contribution is 2.20. The van der Waals surface area contributed by atoms with Gasteiger partial charge in [0, 0.05) is 17.3 Å². The zero-order valence-corrected chi connectivity index (χ0v) is 15.2. The Bertz CT molecular complexity index is 875. The lowest BCUT2D eigenvalue weighted by atomic mass is 10.1. The lowest BCUT2D eigenvalue weighted by molar-refractivity contribution is -0.137. The molecule has 0 aliphatic rings. The van der Waals surface area contributed by atoms with Crippen molar-refractivity contribution in [1.82, 2.24) is 5.43 Å². The standard InChI is InChI=1S/C20H22N4O3/c1-3-27-19(25)10-8-15-7-9-18(14(2)11-15)24-20(26)16-5-4-6-17(12-16)22-13-23-21/h4-13H,3,21H2,1-2H3,(H,22,23)(H,24,26)/b10-8+. The minimum absolute atomic E-state index is 0.245. The zero-order chi connectivity index (χ0) is 19.6. The van der Waals surface area contributed by atoms with Crippen LogP contribution in [0, 0.1) is 6.92 Å². The Kier molecular flexibility index (Phi) is 7.27. The predicted octanol–water partition coefficient (Wildman–Crippen LogP) is 2.95. The van der Waals surface area contributed by atoms with Crippen LogP contribution in [0.15, 0.2) is 53.5 Å². The van der Waals surface area contributed by atoms with E-state index in [4.69, 9.17) is 10.6 Å². The fraction of sp³-hybridized carbons (Fsp3) is 0.150. The van der Waals surface area contributed by atoms with Gasteiger partial charge in [-0.3, -0.25) is 4.79 Å². The maximum atomic E-state index is 12.5. The van der Waals surface area contributed by atoms with E-state index in [-0.39, 0.29) is 11.9 Å². The molecule has 2 rings (SSSR count). The molecule has 7 heteroatoms. The molecule has 0 aliphatic carbocycles. The van der Waals surface area contributed by atoms with E-state index in [1.54, 1.807) is 43.3 Å². The van der Waals surface area contributed by atoms with Gasteiger partial charge in [-0.15, -0.1) is 0 Å². The molecule has 0 bridgehead atoms. The van der Waals surface area contributed by atoms with E-state index < -0.39 is 0 Å². The maximum absolute atomic E-state index is 12.5. The Labute approximate surface area is 157 Å². The number of hydrogen-bond acceptors (Lipinski definition) is 5. The number of aryl methyl sites for hydroxylation is 1. The molecular formula is C20H22N4O3. The van der Waals surface area contributed by atoms with Crippen molar-refractivity contribution < 1.29 is 14.3 Å². The van der Waals surface area contributed by atoms with Gasteiger partial charge in [0.2, 0.25) is 0 Å². The van der Waals surface area contributed by atoms with Gasteiger partial charge in [-0.1, -0.05) is 12.1 Å². The molecule has 0 unspecified atom stereocenters. The van der Waals surface area contributed by atoms with Crippen LogP contribution in [-0.4, -0.2) is 24.8 Å². The summed E-state index contributed by atoms with van der Waals surface area (Å²) in [7, 11) is 0. The number of ether oxygens (including phenoxy) is 1. The topological polar surface area (TPSA) is 106 Å². The van der Waals surface area contributed by atoms with E-state index in [1.165, 1.54) is 12.4 Å². The van der Waals surface area contributed by atoms with Crippen LogP contribution in [0.25, 0.3) is 6.08 Å². The molecule has 140 valence electrons. The molecule has 0 atom stereocenters. The van der Waals surface area contributed by atoms with Gasteiger partial charge in [-0.25, -0.2) is 15.6 Å². The molecule has 0 fully saturated rings. The summed E-state index contributed by atoms with van der Waals surface area (Å²) < 4.78 is 4.85. The summed E-state index contributed by atoms with van der Waals surface area (Å²) in [5.41, 5.74) is 5.80. The highest BCUT2D eigenvalue weighted by Gasteiger charge is 2.08. The molecule has 0 aromatic heterocycles. The number of nitrogens with two attached hydrogens (primary N) is 1. The predicted molar refractivity (Wildman–Crippen MR) is 107 cm³/mol. The number of nitrogens with zero attached hydrogens (tertiary/aromatic N) is 1. The first-order valence-electron chi connectivity index (χ1n) is 8.39. The first kappa shape index (κ1) is 19.9. The van der Waals surface area contributed by atoms with Crippen molar-refractivity contribution in [1.29, 1.82) is 0 Å². The average molecular weight is 366 g/mol. The van der Waals surface area contributed by atoms with Crippen LogP contribution < -0.4 is 16.6 Å². The van der Waals surface area contributed by atoms with Crippen LogP contribution in [0.4, 0.5) is 11.4 Å². The Morgan fingerprint density at radius 2 is 2.04 bits per heavy atom. The highest BCUT2D eigenvalue weighted by atomic mass is 16.5. The monoisotopic (exact) mass is 366 g/mol. The number of benzene rings is 2. The Morgan fingerprint density at radius 3 is 2.74 bits per heavy atom. The van der Waals surface area contributed by atoms with Crippen molar-refractivity contribution in [2.24, 2.45) is 10.8 Å². The Hall–Kier alpha value is -3.45. The quantitative estimate of drug-likeness (QED) is 0.174. The number of rotatable bonds is 7. The lowest BCUT2D eigenvalue weighted by Crippen LogP contribution is -2.18. The Balaban J connectivity index is 2.10. The van der Waals surface area contributed by atoms with Crippen molar-refractivity contribution >= 4 is 35.7 Å². The maximum Gasteiger partial charge on any atom is 0.330 e. The number of aliphatic imine (C=N–C) groups is 1. The first-order chi connectivity index (χ1) is 13.0. The van der Waals surface area contributed by atoms with Gasteiger partial charge < -0.3 is 15.5 Å². The lowest BCUT2D eigenvalue weighted by Gasteiger charge is -2.09. The van der Waals surface area contributed by atoms with E-state index in [9.17, 15) is 9.59 Å². The summed E-state index contributed by atoms with van der Waals surface area (Å²) >= 11 is 0. The van der Waals surface area contributed by atoms with E-state index in [0.717, 1.165) is 11.1 Å². The number of hydrazine groups is 1. The minimum atomic E-state index is -0.389. The number of carbonyl (C=O) groups is 2. The minimum Gasteiger partial charge on any atom is -0.463 e. The second kappa shape index (κ2) is 9.88. The first-order valence-corrected chi connectivity index (χ1v) is 8.39. The molecule has 0 heterocycles. The van der Waals surface area contributed by atoms with Gasteiger partial charge in [0.15, 0.2) is 0 Å². The van der Waals surface area contributed by atoms with Gasteiger partial charge in [0.25, 0.3) is 5.91 Å². The molecule has 2 aromatic rings.